The molecular formula is C53H37N. The van der Waals surface area contributed by atoms with Crippen molar-refractivity contribution in [1.29, 1.82) is 0 Å². The van der Waals surface area contributed by atoms with Gasteiger partial charge in [0.1, 0.15) is 0 Å². The van der Waals surface area contributed by atoms with Crippen LogP contribution in [-0.4, -0.2) is 0 Å². The molecule has 1 heteroatoms. The van der Waals surface area contributed by atoms with Gasteiger partial charge in [-0.1, -0.05) is 176 Å². The van der Waals surface area contributed by atoms with Crippen molar-refractivity contribution < 1.29 is 17.8 Å². The zero-order valence-electron chi connectivity index (χ0n) is 42.1. The van der Waals surface area contributed by atoms with E-state index in [0.717, 1.165) is 59.8 Å². The summed E-state index contributed by atoms with van der Waals surface area (Å²) in [5, 5.41) is 7.96. The van der Waals surface area contributed by atoms with E-state index in [0.29, 0.717) is 11.4 Å². The van der Waals surface area contributed by atoms with Crippen molar-refractivity contribution in [2.45, 2.75) is 6.92 Å². The highest BCUT2D eigenvalue weighted by molar-refractivity contribution is 6.16. The average molecular weight is 701 g/mol. The monoisotopic (exact) mass is 700 g/mol. The first-order valence-corrected chi connectivity index (χ1v) is 17.6. The first-order valence-electron chi connectivity index (χ1n) is 24.1. The molecule has 0 aromatic heterocycles. The van der Waals surface area contributed by atoms with E-state index in [9.17, 15) is 5.48 Å². The Hall–Kier alpha value is -6.96. The molecule has 0 radical (unpaired) electrons. The fourth-order valence-corrected chi connectivity index (χ4v) is 7.56. The summed E-state index contributed by atoms with van der Waals surface area (Å²) in [6, 6.07) is 33.0. The number of fused-ring (bicyclic) bond motifs is 6. The minimum atomic E-state index is -0.769. The van der Waals surface area contributed by atoms with Crippen LogP contribution in [0.3, 0.4) is 0 Å². The third-order valence-corrected chi connectivity index (χ3v) is 10.1. The van der Waals surface area contributed by atoms with Crippen LogP contribution in [0.4, 0.5) is 17.1 Å². The van der Waals surface area contributed by atoms with E-state index in [4.69, 9.17) is 12.3 Å². The summed E-state index contributed by atoms with van der Waals surface area (Å²) in [6.45, 7) is 2.11. The van der Waals surface area contributed by atoms with Gasteiger partial charge < -0.3 is 4.90 Å². The van der Waals surface area contributed by atoms with Gasteiger partial charge in [0.15, 0.2) is 0 Å². The zero-order chi connectivity index (χ0) is 47.3. The highest BCUT2D eigenvalue weighted by Crippen LogP contribution is 2.44. The number of rotatable bonds is 6. The van der Waals surface area contributed by atoms with Crippen molar-refractivity contribution in [2.24, 2.45) is 0 Å². The minimum absolute atomic E-state index is 0.120. The Morgan fingerprint density at radius 3 is 1.46 bits per heavy atom. The summed E-state index contributed by atoms with van der Waals surface area (Å²) in [5.74, 6) is 0. The van der Waals surface area contributed by atoms with E-state index in [2.05, 4.69) is 31.2 Å². The smallest absolute Gasteiger partial charge is 0.0645 e. The lowest BCUT2D eigenvalue weighted by atomic mass is 9.88. The van der Waals surface area contributed by atoms with Gasteiger partial charge in [-0.3, -0.25) is 0 Å². The van der Waals surface area contributed by atoms with Crippen LogP contribution in [-0.2, 0) is 0 Å². The molecule has 10 aromatic carbocycles. The van der Waals surface area contributed by atoms with Gasteiger partial charge >= 0.3 is 0 Å². The quantitative estimate of drug-likeness (QED) is 0.156. The van der Waals surface area contributed by atoms with Gasteiger partial charge in [0.2, 0.25) is 0 Å². The fourth-order valence-electron chi connectivity index (χ4n) is 7.56. The summed E-state index contributed by atoms with van der Waals surface area (Å²) >= 11 is 0. The summed E-state index contributed by atoms with van der Waals surface area (Å²) < 4.78 is 116. The van der Waals surface area contributed by atoms with Crippen molar-refractivity contribution in [2.75, 3.05) is 4.90 Å². The second-order valence-corrected chi connectivity index (χ2v) is 13.1. The van der Waals surface area contributed by atoms with E-state index < -0.39 is 101 Å². The zero-order valence-corrected chi connectivity index (χ0v) is 29.1. The Kier molecular flexibility index (Phi) is 5.12. The van der Waals surface area contributed by atoms with Crippen molar-refractivity contribution in [3.05, 3.63) is 212 Å². The van der Waals surface area contributed by atoms with Gasteiger partial charge in [-0.05, 0) is 114 Å². The largest absolute Gasteiger partial charge is 0.310 e. The van der Waals surface area contributed by atoms with Gasteiger partial charge in [0.25, 0.3) is 0 Å². The minimum Gasteiger partial charge on any atom is -0.310 e. The summed E-state index contributed by atoms with van der Waals surface area (Å²) in [4.78, 5) is 1.70. The van der Waals surface area contributed by atoms with Gasteiger partial charge in [-0.15, -0.1) is 0 Å². The van der Waals surface area contributed by atoms with Gasteiger partial charge in [-0.25, -0.2) is 0 Å². The second-order valence-electron chi connectivity index (χ2n) is 13.1. The number of hydrogen-bond donors (Lipinski definition) is 0. The van der Waals surface area contributed by atoms with Crippen molar-refractivity contribution in [3.63, 3.8) is 0 Å². The third-order valence-electron chi connectivity index (χ3n) is 10.1. The first-order chi connectivity index (χ1) is 32.1. The average Bonchev–Trinajstić information content (AvgIpc) is 3.35. The third kappa shape index (κ3) is 5.41. The van der Waals surface area contributed by atoms with Crippen LogP contribution in [0.1, 0.15) is 23.4 Å². The number of nitrogens with zero attached hydrogens (tertiary/aromatic N) is 1. The maximum Gasteiger partial charge on any atom is 0.0645 e. The van der Waals surface area contributed by atoms with E-state index >= 15 is 0 Å². The predicted octanol–water partition coefficient (Wildman–Crippen LogP) is 15.1. The molecule has 0 saturated heterocycles. The number of hydrogen-bond acceptors (Lipinski definition) is 1. The summed E-state index contributed by atoms with van der Waals surface area (Å²) in [6.07, 6.45) is 0. The fraction of sp³-hybridized carbons (Fsp3) is 0.0189. The molecule has 0 fully saturated rings. The van der Waals surface area contributed by atoms with Crippen LogP contribution in [0.5, 0.6) is 0 Å². The summed E-state index contributed by atoms with van der Waals surface area (Å²) in [5.41, 5.74) is 1.95. The van der Waals surface area contributed by atoms with E-state index in [1.807, 2.05) is 103 Å². The molecule has 0 bridgehead atoms. The Morgan fingerprint density at radius 2 is 0.833 bits per heavy atom. The SMILES string of the molecule is [2H]c1c([2H])c([2H])c(-c2c([2H])c([2H])c(-c3c([2H])c([2H])c(N(c4ccc(-c5c(C)c6ccccc6c6ccccc56)cc4)c4cc5ccccc5c5ccccc45)c([2H])c3[2H])c([2H])c2[2H])c([2H])c1[2H]. The molecule has 0 aliphatic carbocycles. The lowest BCUT2D eigenvalue weighted by Crippen LogP contribution is -2.10. The molecule has 0 heterocycles. The summed E-state index contributed by atoms with van der Waals surface area (Å²) in [7, 11) is 0. The molecule has 0 spiro atoms. The first kappa shape index (κ1) is 20.9. The maximum atomic E-state index is 9.69. The standard InChI is InChI=1S/C53H37N/c1-36-45-16-7-8-18-47(45)49-20-10-12-22-51(49)53(36)41-29-33-44(34-30-41)54(52-35-42-15-5-6-17-46(42)48-19-9-11-21-50(48)52)43-31-27-40(28-32-43)39-25-23-38(24-26-39)37-13-3-2-4-14-37/h2-35H,1H3/i2D,3D,4D,13D,14D,23D,24D,25D,26D,27D,28D,31D,32D. The molecule has 0 unspecified atom stereocenters. The predicted molar refractivity (Wildman–Crippen MR) is 232 cm³/mol. The van der Waals surface area contributed by atoms with Gasteiger partial charge in [0, 0.05) is 16.8 Å². The molecule has 0 aliphatic heterocycles. The van der Waals surface area contributed by atoms with E-state index in [1.54, 1.807) is 4.90 Å². The van der Waals surface area contributed by atoms with Gasteiger partial charge in [-0.2, -0.15) is 0 Å². The molecule has 0 amide bonds. The van der Waals surface area contributed by atoms with Crippen molar-refractivity contribution >= 4 is 60.2 Å². The van der Waals surface area contributed by atoms with Crippen LogP contribution in [0.2, 0.25) is 0 Å². The Morgan fingerprint density at radius 1 is 0.370 bits per heavy atom. The molecule has 254 valence electrons. The van der Waals surface area contributed by atoms with E-state index in [-0.39, 0.29) is 5.69 Å². The Bertz CT molecular complexity index is 3670. The van der Waals surface area contributed by atoms with Crippen LogP contribution >= 0.6 is 0 Å². The van der Waals surface area contributed by atoms with Crippen LogP contribution < -0.4 is 4.90 Å². The Balaban J connectivity index is 1.22. The second kappa shape index (κ2) is 13.2. The van der Waals surface area contributed by atoms with Crippen LogP contribution in [0, 0.1) is 6.92 Å². The molecule has 54 heavy (non-hydrogen) atoms. The highest BCUT2D eigenvalue weighted by Gasteiger charge is 2.19. The molecular weight excluding hydrogens is 651 g/mol. The molecule has 0 atom stereocenters. The molecule has 1 nitrogen and oxygen atoms in total. The van der Waals surface area contributed by atoms with Crippen molar-refractivity contribution in [1.82, 2.24) is 0 Å². The molecule has 10 rings (SSSR count). The normalized spacial score (nSPS) is 14.8. The molecule has 10 aromatic rings. The van der Waals surface area contributed by atoms with Crippen LogP contribution in [0.15, 0.2) is 206 Å². The topological polar surface area (TPSA) is 3.24 Å². The van der Waals surface area contributed by atoms with Crippen molar-refractivity contribution in [3.8, 4) is 33.4 Å². The molecule has 0 N–H and O–H groups in total. The highest BCUT2D eigenvalue weighted by atomic mass is 15.1. The number of aryl methyl sites for hydroxylation is 1. The van der Waals surface area contributed by atoms with E-state index in [1.165, 1.54) is 0 Å². The van der Waals surface area contributed by atoms with Gasteiger partial charge in [0.05, 0.1) is 23.5 Å². The maximum absolute atomic E-state index is 9.69. The Labute approximate surface area is 334 Å². The number of anilines is 3. The molecule has 0 saturated carbocycles. The lowest BCUT2D eigenvalue weighted by molar-refractivity contribution is 1.30. The number of benzene rings is 10. The lowest BCUT2D eigenvalue weighted by Gasteiger charge is -2.28. The molecule has 0 aliphatic rings. The van der Waals surface area contributed by atoms with Crippen LogP contribution in [0.25, 0.3) is 76.5 Å².